The lowest BCUT2D eigenvalue weighted by Crippen LogP contribution is -2.24. The van der Waals surface area contributed by atoms with Crippen LogP contribution in [0.2, 0.25) is 0 Å². The Morgan fingerprint density at radius 2 is 1.47 bits per heavy atom. The van der Waals surface area contributed by atoms with Gasteiger partial charge in [-0.1, -0.05) is 54.6 Å². The van der Waals surface area contributed by atoms with E-state index in [-0.39, 0.29) is 29.5 Å². The molecule has 4 aromatic rings. The summed E-state index contributed by atoms with van der Waals surface area (Å²) in [6.45, 7) is 0.518. The van der Waals surface area contributed by atoms with E-state index in [1.807, 2.05) is 41.1 Å². The average molecular weight is 394 g/mol. The summed E-state index contributed by atoms with van der Waals surface area (Å²) in [6.07, 6.45) is 2.21. The molecule has 0 aliphatic heterocycles. The number of benzene rings is 3. The monoisotopic (exact) mass is 394 g/mol. The van der Waals surface area contributed by atoms with E-state index in [9.17, 15) is 14.4 Å². The van der Waals surface area contributed by atoms with Gasteiger partial charge in [0.25, 0.3) is 0 Å². The quantitative estimate of drug-likeness (QED) is 0.490. The molecule has 1 aliphatic carbocycles. The lowest BCUT2D eigenvalue weighted by molar-refractivity contribution is -0.116. The zero-order valence-corrected chi connectivity index (χ0v) is 16.1. The molecule has 0 saturated heterocycles. The number of carbonyl (C=O) groups excluding carboxylic acids is 3. The Labute approximate surface area is 172 Å². The number of fused-ring (bicyclic) bond motifs is 3. The molecule has 0 atom stereocenters. The predicted octanol–water partition coefficient (Wildman–Crippen LogP) is 4.45. The number of para-hydroxylation sites is 1. The van der Waals surface area contributed by atoms with E-state index in [0.29, 0.717) is 28.9 Å². The maximum atomic E-state index is 13.0. The van der Waals surface area contributed by atoms with Gasteiger partial charge in [0.15, 0.2) is 11.6 Å². The number of ketones is 2. The van der Waals surface area contributed by atoms with Gasteiger partial charge in [-0.3, -0.25) is 14.4 Å². The number of hydrogen-bond acceptors (Lipinski definition) is 3. The van der Waals surface area contributed by atoms with Gasteiger partial charge in [0.2, 0.25) is 5.91 Å². The van der Waals surface area contributed by atoms with Gasteiger partial charge >= 0.3 is 0 Å². The number of nitrogens with one attached hydrogen (secondary N) is 1. The maximum absolute atomic E-state index is 13.0. The summed E-state index contributed by atoms with van der Waals surface area (Å²) in [5.41, 5.74) is 2.81. The van der Waals surface area contributed by atoms with E-state index < -0.39 is 0 Å². The Bertz CT molecular complexity index is 1330. The van der Waals surface area contributed by atoms with Gasteiger partial charge in [-0.2, -0.15) is 0 Å². The number of hydrogen-bond donors (Lipinski definition) is 1. The Morgan fingerprint density at radius 3 is 2.30 bits per heavy atom. The molecule has 30 heavy (non-hydrogen) atoms. The van der Waals surface area contributed by atoms with Crippen molar-refractivity contribution in [2.24, 2.45) is 0 Å². The third kappa shape index (κ3) is 2.92. The smallest absolute Gasteiger partial charge is 0.226 e. The van der Waals surface area contributed by atoms with Crippen molar-refractivity contribution < 1.29 is 14.4 Å². The summed E-state index contributed by atoms with van der Waals surface area (Å²) in [4.78, 5) is 38.5. The zero-order chi connectivity index (χ0) is 20.7. The van der Waals surface area contributed by atoms with E-state index >= 15 is 0 Å². The second kappa shape index (κ2) is 7.12. The van der Waals surface area contributed by atoms with Gasteiger partial charge in [-0.25, -0.2) is 0 Å². The molecule has 1 aliphatic rings. The molecule has 0 bridgehead atoms. The minimum atomic E-state index is -0.243. The molecule has 1 aromatic heterocycles. The number of aryl methyl sites for hydroxylation is 1. The van der Waals surface area contributed by atoms with Crippen LogP contribution in [0.3, 0.4) is 0 Å². The molecule has 1 amide bonds. The molecule has 0 fully saturated rings. The molecule has 0 radical (unpaired) electrons. The van der Waals surface area contributed by atoms with Crippen molar-refractivity contribution in [1.82, 2.24) is 4.57 Å². The summed E-state index contributed by atoms with van der Waals surface area (Å²) in [7, 11) is 0. The average Bonchev–Trinajstić information content (AvgIpc) is 3.19. The predicted molar refractivity (Wildman–Crippen MR) is 115 cm³/mol. The molecule has 5 heteroatoms. The third-order valence-electron chi connectivity index (χ3n) is 5.49. The molecule has 0 saturated carbocycles. The second-order valence-electron chi connectivity index (χ2n) is 7.30. The SMILES string of the molecule is O=C(CCn1ccc2ccccc21)Nc1cccc2c1C(=O)c1ccccc1C2=O. The highest BCUT2D eigenvalue weighted by molar-refractivity contribution is 6.30. The van der Waals surface area contributed by atoms with Crippen molar-refractivity contribution in [2.45, 2.75) is 13.0 Å². The third-order valence-corrected chi connectivity index (χ3v) is 5.49. The fourth-order valence-electron chi connectivity index (χ4n) is 4.02. The van der Waals surface area contributed by atoms with Crippen LogP contribution in [-0.2, 0) is 11.3 Å². The Morgan fingerprint density at radius 1 is 0.767 bits per heavy atom. The first kappa shape index (κ1) is 18.1. The van der Waals surface area contributed by atoms with Crippen LogP contribution in [-0.4, -0.2) is 22.0 Å². The van der Waals surface area contributed by atoms with Crippen molar-refractivity contribution in [1.29, 1.82) is 0 Å². The summed E-state index contributed by atoms with van der Waals surface area (Å²) in [5, 5.41) is 3.96. The summed E-state index contributed by atoms with van der Waals surface area (Å²) >= 11 is 0. The van der Waals surface area contributed by atoms with E-state index in [1.165, 1.54) is 0 Å². The Balaban J connectivity index is 1.39. The molecule has 5 rings (SSSR count). The van der Waals surface area contributed by atoms with E-state index in [1.54, 1.807) is 42.5 Å². The van der Waals surface area contributed by atoms with E-state index in [4.69, 9.17) is 0 Å². The van der Waals surface area contributed by atoms with Crippen molar-refractivity contribution in [3.05, 3.63) is 101 Å². The number of nitrogens with zero attached hydrogens (tertiary/aromatic N) is 1. The number of carbonyl (C=O) groups is 3. The molecule has 1 N–H and O–H groups in total. The fourth-order valence-corrected chi connectivity index (χ4v) is 4.02. The van der Waals surface area contributed by atoms with Crippen molar-refractivity contribution in [3.8, 4) is 0 Å². The van der Waals surface area contributed by atoms with E-state index in [0.717, 1.165) is 10.9 Å². The van der Waals surface area contributed by atoms with Crippen LogP contribution in [0.15, 0.2) is 79.0 Å². The van der Waals surface area contributed by atoms with E-state index in [2.05, 4.69) is 5.32 Å². The standard InChI is InChI=1S/C25H18N2O3/c28-22(13-15-27-14-12-16-6-1-4-11-21(16)27)26-20-10-5-9-19-23(20)25(30)18-8-3-2-7-17(18)24(19)29/h1-12,14H,13,15H2,(H,26,28). The first-order valence-electron chi connectivity index (χ1n) is 9.78. The van der Waals surface area contributed by atoms with Crippen LogP contribution in [0.1, 0.15) is 38.3 Å². The summed E-state index contributed by atoms with van der Waals surface area (Å²) < 4.78 is 2.03. The fraction of sp³-hybridized carbons (Fsp3) is 0.0800. The summed E-state index contributed by atoms with van der Waals surface area (Å²) in [5.74, 6) is -0.650. The van der Waals surface area contributed by atoms with Gasteiger partial charge in [0.05, 0.1) is 11.3 Å². The Hall–Kier alpha value is -3.99. The van der Waals surface area contributed by atoms with Gasteiger partial charge in [-0.05, 0) is 23.6 Å². The molecule has 3 aromatic carbocycles. The van der Waals surface area contributed by atoms with Gasteiger partial charge in [0, 0.05) is 41.4 Å². The number of amides is 1. The molecule has 0 spiro atoms. The molecule has 1 heterocycles. The molecule has 0 unspecified atom stereocenters. The Kier molecular flexibility index (Phi) is 4.29. The van der Waals surface area contributed by atoms with Gasteiger partial charge in [-0.15, -0.1) is 0 Å². The zero-order valence-electron chi connectivity index (χ0n) is 16.1. The van der Waals surface area contributed by atoms with Crippen molar-refractivity contribution in [3.63, 3.8) is 0 Å². The highest BCUT2D eigenvalue weighted by Gasteiger charge is 2.31. The van der Waals surface area contributed by atoms with Crippen molar-refractivity contribution in [2.75, 3.05) is 5.32 Å². The highest BCUT2D eigenvalue weighted by Crippen LogP contribution is 2.32. The topological polar surface area (TPSA) is 68.2 Å². The van der Waals surface area contributed by atoms with Crippen LogP contribution in [0, 0.1) is 0 Å². The van der Waals surface area contributed by atoms with Crippen LogP contribution >= 0.6 is 0 Å². The lowest BCUT2D eigenvalue weighted by atomic mass is 9.83. The van der Waals surface area contributed by atoms with Gasteiger partial charge in [0.1, 0.15) is 0 Å². The number of rotatable bonds is 4. The number of aromatic nitrogens is 1. The van der Waals surface area contributed by atoms with Crippen LogP contribution in [0.4, 0.5) is 5.69 Å². The molecular formula is C25H18N2O3. The van der Waals surface area contributed by atoms with Crippen LogP contribution < -0.4 is 5.32 Å². The first-order chi connectivity index (χ1) is 14.6. The van der Waals surface area contributed by atoms with Crippen LogP contribution in [0.25, 0.3) is 10.9 Å². The highest BCUT2D eigenvalue weighted by atomic mass is 16.2. The van der Waals surface area contributed by atoms with Crippen LogP contribution in [0.5, 0.6) is 0 Å². The normalized spacial score (nSPS) is 12.5. The minimum Gasteiger partial charge on any atom is -0.347 e. The number of anilines is 1. The molecular weight excluding hydrogens is 376 g/mol. The summed E-state index contributed by atoms with van der Waals surface area (Å²) in [6, 6.07) is 21.8. The first-order valence-corrected chi connectivity index (χ1v) is 9.78. The largest absolute Gasteiger partial charge is 0.347 e. The molecule has 146 valence electrons. The molecule has 5 nitrogen and oxygen atoms in total. The van der Waals surface area contributed by atoms with Gasteiger partial charge < -0.3 is 9.88 Å². The minimum absolute atomic E-state index is 0.199. The lowest BCUT2D eigenvalue weighted by Gasteiger charge is -2.20. The second-order valence-corrected chi connectivity index (χ2v) is 7.30. The maximum Gasteiger partial charge on any atom is 0.226 e. The van der Waals surface area contributed by atoms with Crippen molar-refractivity contribution >= 4 is 34.1 Å².